The first-order valence-corrected chi connectivity index (χ1v) is 7.12. The summed E-state index contributed by atoms with van der Waals surface area (Å²) < 4.78 is 4.99. The first-order chi connectivity index (χ1) is 9.11. The fourth-order valence-corrected chi connectivity index (χ4v) is 2.76. The molecule has 0 bridgehead atoms. The van der Waals surface area contributed by atoms with E-state index < -0.39 is 0 Å². The molecule has 104 valence electrons. The van der Waals surface area contributed by atoms with Gasteiger partial charge in [-0.3, -0.25) is 0 Å². The van der Waals surface area contributed by atoms with Gasteiger partial charge in [-0.05, 0) is 32.6 Å². The fraction of sp³-hybridized carbons (Fsp3) is 0.667. The lowest BCUT2D eigenvalue weighted by Gasteiger charge is -2.25. The third-order valence-corrected chi connectivity index (χ3v) is 3.79. The van der Waals surface area contributed by atoms with Gasteiger partial charge in [0.2, 0.25) is 0 Å². The van der Waals surface area contributed by atoms with Crippen molar-refractivity contribution in [3.63, 3.8) is 0 Å². The molecule has 0 aromatic carbocycles. The average molecular weight is 262 g/mol. The van der Waals surface area contributed by atoms with Crippen LogP contribution < -0.4 is 0 Å². The van der Waals surface area contributed by atoms with Crippen molar-refractivity contribution in [3.8, 4) is 0 Å². The van der Waals surface area contributed by atoms with E-state index in [-0.39, 0.29) is 5.97 Å². The van der Waals surface area contributed by atoms with Gasteiger partial charge in [-0.25, -0.2) is 14.8 Å². The standard InChI is InChI=1S/C15H22N2O2/c1-4-19-15(18)13-9-16-14(17-11(13)3)12-7-5-6-10(2)8-12/h9-10,12H,4-8H2,1-3H3. The molecule has 1 aromatic heterocycles. The van der Waals surface area contributed by atoms with Gasteiger partial charge in [-0.1, -0.05) is 19.8 Å². The molecule has 2 atom stereocenters. The van der Waals surface area contributed by atoms with Crippen LogP contribution in [-0.2, 0) is 4.74 Å². The average Bonchev–Trinajstić information content (AvgIpc) is 2.38. The summed E-state index contributed by atoms with van der Waals surface area (Å²) in [6.45, 7) is 6.31. The normalized spacial score (nSPS) is 23.1. The van der Waals surface area contributed by atoms with Crippen LogP contribution in [0.4, 0.5) is 0 Å². The van der Waals surface area contributed by atoms with E-state index in [9.17, 15) is 4.79 Å². The maximum absolute atomic E-state index is 11.7. The molecule has 1 aliphatic rings. The molecule has 0 amide bonds. The van der Waals surface area contributed by atoms with Crippen LogP contribution in [0.1, 0.15) is 67.3 Å². The van der Waals surface area contributed by atoms with Gasteiger partial charge in [0, 0.05) is 12.1 Å². The zero-order chi connectivity index (χ0) is 13.8. The van der Waals surface area contributed by atoms with Gasteiger partial charge >= 0.3 is 5.97 Å². The maximum atomic E-state index is 11.7. The minimum atomic E-state index is -0.330. The van der Waals surface area contributed by atoms with Crippen LogP contribution in [0, 0.1) is 12.8 Å². The highest BCUT2D eigenvalue weighted by Crippen LogP contribution is 2.34. The smallest absolute Gasteiger partial charge is 0.341 e. The van der Waals surface area contributed by atoms with Gasteiger partial charge in [-0.15, -0.1) is 0 Å². The van der Waals surface area contributed by atoms with Gasteiger partial charge in [0.05, 0.1) is 17.9 Å². The summed E-state index contributed by atoms with van der Waals surface area (Å²) in [6, 6.07) is 0. The van der Waals surface area contributed by atoms with Crippen LogP contribution in [0.15, 0.2) is 6.20 Å². The first-order valence-electron chi connectivity index (χ1n) is 7.12. The number of ether oxygens (including phenoxy) is 1. The molecule has 0 spiro atoms. The maximum Gasteiger partial charge on any atom is 0.341 e. The van der Waals surface area contributed by atoms with E-state index in [1.54, 1.807) is 13.1 Å². The number of rotatable bonds is 3. The lowest BCUT2D eigenvalue weighted by molar-refractivity contribution is 0.0524. The highest BCUT2D eigenvalue weighted by atomic mass is 16.5. The zero-order valence-electron chi connectivity index (χ0n) is 12.0. The number of hydrogen-bond donors (Lipinski definition) is 0. The number of aromatic nitrogens is 2. The van der Waals surface area contributed by atoms with Crippen molar-refractivity contribution in [1.29, 1.82) is 0 Å². The summed E-state index contributed by atoms with van der Waals surface area (Å²) >= 11 is 0. The molecular weight excluding hydrogens is 240 g/mol. The van der Waals surface area contributed by atoms with Crippen molar-refractivity contribution in [3.05, 3.63) is 23.3 Å². The Hall–Kier alpha value is -1.45. The van der Waals surface area contributed by atoms with Crippen LogP contribution in [0.2, 0.25) is 0 Å². The minimum absolute atomic E-state index is 0.330. The molecule has 0 saturated heterocycles. The molecule has 0 radical (unpaired) electrons. The molecule has 1 fully saturated rings. The highest BCUT2D eigenvalue weighted by molar-refractivity contribution is 5.90. The van der Waals surface area contributed by atoms with Gasteiger partial charge < -0.3 is 4.74 Å². The van der Waals surface area contributed by atoms with E-state index in [0.717, 1.165) is 30.3 Å². The summed E-state index contributed by atoms with van der Waals surface area (Å²) in [5.41, 5.74) is 1.20. The van der Waals surface area contributed by atoms with Gasteiger partial charge in [0.15, 0.2) is 0 Å². The van der Waals surface area contributed by atoms with Crippen molar-refractivity contribution < 1.29 is 9.53 Å². The Morgan fingerprint density at radius 3 is 2.89 bits per heavy atom. The summed E-state index contributed by atoms with van der Waals surface area (Å²) in [5.74, 6) is 1.74. The number of hydrogen-bond acceptors (Lipinski definition) is 4. The van der Waals surface area contributed by atoms with Crippen molar-refractivity contribution >= 4 is 5.97 Å². The van der Waals surface area contributed by atoms with Crippen molar-refractivity contribution in [2.45, 2.75) is 52.4 Å². The summed E-state index contributed by atoms with van der Waals surface area (Å²) in [7, 11) is 0. The Labute approximate surface area is 114 Å². The largest absolute Gasteiger partial charge is 0.462 e. The molecule has 4 heteroatoms. The molecule has 2 rings (SSSR count). The first kappa shape index (κ1) is 14.0. The molecule has 4 nitrogen and oxygen atoms in total. The quantitative estimate of drug-likeness (QED) is 0.785. The second-order valence-corrected chi connectivity index (χ2v) is 5.42. The third kappa shape index (κ3) is 3.31. The van der Waals surface area contributed by atoms with Crippen LogP contribution >= 0.6 is 0 Å². The van der Waals surface area contributed by atoms with Gasteiger partial charge in [0.25, 0.3) is 0 Å². The van der Waals surface area contributed by atoms with Crippen LogP contribution in [0.5, 0.6) is 0 Å². The lowest BCUT2D eigenvalue weighted by Crippen LogP contribution is -2.16. The molecule has 0 N–H and O–H groups in total. The summed E-state index contributed by atoms with van der Waals surface area (Å²) in [5, 5.41) is 0. The highest BCUT2D eigenvalue weighted by Gasteiger charge is 2.23. The van der Waals surface area contributed by atoms with Crippen LogP contribution in [-0.4, -0.2) is 22.5 Å². The topological polar surface area (TPSA) is 52.1 Å². The van der Waals surface area contributed by atoms with Crippen molar-refractivity contribution in [2.24, 2.45) is 5.92 Å². The predicted molar refractivity (Wildman–Crippen MR) is 73.1 cm³/mol. The number of esters is 1. The number of carbonyl (C=O) groups excluding carboxylic acids is 1. The Bertz CT molecular complexity index is 459. The molecule has 19 heavy (non-hydrogen) atoms. The van der Waals surface area contributed by atoms with Crippen molar-refractivity contribution in [2.75, 3.05) is 6.61 Å². The fourth-order valence-electron chi connectivity index (χ4n) is 2.76. The monoisotopic (exact) mass is 262 g/mol. The predicted octanol–water partition coefficient (Wildman–Crippen LogP) is 3.26. The Balaban J connectivity index is 2.16. The lowest BCUT2D eigenvalue weighted by atomic mass is 9.82. The number of carbonyl (C=O) groups is 1. The molecular formula is C15H22N2O2. The molecule has 0 aliphatic heterocycles. The second kappa shape index (κ2) is 6.13. The summed E-state index contributed by atoms with van der Waals surface area (Å²) in [4.78, 5) is 20.6. The minimum Gasteiger partial charge on any atom is -0.462 e. The van der Waals surface area contributed by atoms with Crippen LogP contribution in [0.3, 0.4) is 0 Å². The Morgan fingerprint density at radius 2 is 2.26 bits per heavy atom. The second-order valence-electron chi connectivity index (χ2n) is 5.42. The molecule has 1 aliphatic carbocycles. The molecule has 1 aromatic rings. The SMILES string of the molecule is CCOC(=O)c1cnc(C2CCCC(C)C2)nc1C. The van der Waals surface area contributed by atoms with E-state index in [1.807, 2.05) is 6.92 Å². The Morgan fingerprint density at radius 1 is 1.47 bits per heavy atom. The molecule has 1 heterocycles. The van der Waals surface area contributed by atoms with Gasteiger partial charge in [-0.2, -0.15) is 0 Å². The number of nitrogens with zero attached hydrogens (tertiary/aromatic N) is 2. The van der Waals surface area contributed by atoms with Crippen LogP contribution in [0.25, 0.3) is 0 Å². The van der Waals surface area contributed by atoms with E-state index >= 15 is 0 Å². The zero-order valence-corrected chi connectivity index (χ0v) is 12.0. The number of aryl methyl sites for hydroxylation is 1. The third-order valence-electron chi connectivity index (χ3n) is 3.79. The Kier molecular flexibility index (Phi) is 4.51. The van der Waals surface area contributed by atoms with E-state index in [2.05, 4.69) is 16.9 Å². The van der Waals surface area contributed by atoms with E-state index in [4.69, 9.17) is 4.74 Å². The molecule has 2 unspecified atom stereocenters. The molecule has 1 saturated carbocycles. The summed E-state index contributed by atoms with van der Waals surface area (Å²) in [6.07, 6.45) is 6.47. The van der Waals surface area contributed by atoms with E-state index in [1.165, 1.54) is 12.8 Å². The van der Waals surface area contributed by atoms with E-state index in [0.29, 0.717) is 18.1 Å². The van der Waals surface area contributed by atoms with Crippen molar-refractivity contribution in [1.82, 2.24) is 9.97 Å². The van der Waals surface area contributed by atoms with Gasteiger partial charge in [0.1, 0.15) is 5.82 Å².